The molecule has 0 aromatic heterocycles. The molecule has 1 atom stereocenters. The zero-order valence-corrected chi connectivity index (χ0v) is 11.4. The number of ether oxygens (including phenoxy) is 1. The molecule has 0 spiro atoms. The third-order valence-corrected chi connectivity index (χ3v) is 3.80. The maximum Gasteiger partial charge on any atom is 0.384 e. The Morgan fingerprint density at radius 2 is 2.05 bits per heavy atom. The fraction of sp³-hybridized carbons (Fsp3) is 0.750. The molecule has 1 aliphatic rings. The highest BCUT2D eigenvalue weighted by Crippen LogP contribution is 2.17. The predicted octanol–water partition coefficient (Wildman–Crippen LogP) is -0.00110. The third-order valence-electron chi connectivity index (χ3n) is 3.02. The molecule has 1 aliphatic carbocycles. The molecule has 1 saturated carbocycles. The first-order valence-corrected chi connectivity index (χ1v) is 7.82. The van der Waals surface area contributed by atoms with Crippen molar-refractivity contribution < 1.29 is 22.5 Å². The number of hydrogen-bond donors (Lipinski definition) is 1. The Hall–Kier alpha value is -1.10. The molecule has 0 aromatic carbocycles. The van der Waals surface area contributed by atoms with Crippen molar-refractivity contribution in [2.75, 3.05) is 12.3 Å². The Labute approximate surface area is 113 Å². The summed E-state index contributed by atoms with van der Waals surface area (Å²) in [5.74, 6) is 0.0104. The van der Waals surface area contributed by atoms with Gasteiger partial charge >= 0.3 is 5.97 Å². The maximum atomic E-state index is 11.0. The Balaban J connectivity index is 2.48. The molecule has 0 aromatic rings. The number of terminal acetylenes is 1. The summed E-state index contributed by atoms with van der Waals surface area (Å²) in [6.45, 7) is 0.125. The summed E-state index contributed by atoms with van der Waals surface area (Å²) in [6, 6.07) is 0.273. The van der Waals surface area contributed by atoms with Crippen molar-refractivity contribution in [3.63, 3.8) is 0 Å². The molecule has 6 nitrogen and oxygen atoms in total. The standard InChI is InChI=1S/C12H19NO5S/c1-2-12(14)18-11(9-19(15,16)17)8-13-10-6-4-3-5-7-10/h1,10-11,13H,3-9H2,(H,15,16,17)/p-1. The van der Waals surface area contributed by atoms with Crippen LogP contribution in [0, 0.1) is 12.3 Å². The first-order chi connectivity index (χ1) is 8.90. The van der Waals surface area contributed by atoms with Gasteiger partial charge in [0, 0.05) is 18.5 Å². The molecule has 0 aliphatic heterocycles. The lowest BCUT2D eigenvalue weighted by Gasteiger charge is -2.26. The number of rotatable bonds is 6. The van der Waals surface area contributed by atoms with Crippen LogP contribution in [-0.4, -0.2) is 43.4 Å². The van der Waals surface area contributed by atoms with E-state index in [1.807, 2.05) is 0 Å². The molecule has 0 saturated heterocycles. The lowest BCUT2D eigenvalue weighted by molar-refractivity contribution is -0.140. The molecule has 0 amide bonds. The fourth-order valence-corrected chi connectivity index (χ4v) is 2.79. The van der Waals surface area contributed by atoms with Crippen LogP contribution in [0.4, 0.5) is 0 Å². The van der Waals surface area contributed by atoms with Crippen LogP contribution < -0.4 is 5.32 Å². The second-order valence-corrected chi connectivity index (χ2v) is 6.09. The van der Waals surface area contributed by atoms with Crippen LogP contribution in [0.25, 0.3) is 0 Å². The van der Waals surface area contributed by atoms with Crippen LogP contribution in [0.3, 0.4) is 0 Å². The van der Waals surface area contributed by atoms with Crippen molar-refractivity contribution in [1.29, 1.82) is 0 Å². The van der Waals surface area contributed by atoms with Crippen molar-refractivity contribution in [1.82, 2.24) is 5.32 Å². The topological polar surface area (TPSA) is 95.5 Å². The smallest absolute Gasteiger partial charge is 0.384 e. The summed E-state index contributed by atoms with van der Waals surface area (Å²) in [5.41, 5.74) is 0. The summed E-state index contributed by atoms with van der Waals surface area (Å²) < 4.78 is 37.0. The summed E-state index contributed by atoms with van der Waals surface area (Å²) in [7, 11) is -4.47. The molecule has 0 heterocycles. The highest BCUT2D eigenvalue weighted by Gasteiger charge is 2.19. The molecule has 0 radical (unpaired) electrons. The van der Waals surface area contributed by atoms with Gasteiger partial charge in [-0.05, 0) is 12.8 Å². The molecule has 108 valence electrons. The predicted molar refractivity (Wildman–Crippen MR) is 68.2 cm³/mol. The molecule has 19 heavy (non-hydrogen) atoms. The third kappa shape index (κ3) is 7.15. The number of carbonyl (C=O) groups is 1. The van der Waals surface area contributed by atoms with Crippen LogP contribution in [0.15, 0.2) is 0 Å². The average molecular weight is 288 g/mol. The minimum absolute atomic E-state index is 0.125. The van der Waals surface area contributed by atoms with E-state index < -0.39 is 27.9 Å². The van der Waals surface area contributed by atoms with Crippen molar-refractivity contribution >= 4 is 16.1 Å². The molecule has 7 heteroatoms. The van der Waals surface area contributed by atoms with Gasteiger partial charge in [0.15, 0.2) is 0 Å². The molecular weight excluding hydrogens is 270 g/mol. The van der Waals surface area contributed by atoms with Crippen molar-refractivity contribution in [3.05, 3.63) is 0 Å². The van der Waals surface area contributed by atoms with Gasteiger partial charge in [0.1, 0.15) is 6.10 Å². The number of carbonyl (C=O) groups excluding carboxylic acids is 1. The Bertz CT molecular complexity index is 434. The van der Waals surface area contributed by atoms with Gasteiger partial charge in [0.05, 0.1) is 15.9 Å². The minimum atomic E-state index is -4.47. The van der Waals surface area contributed by atoms with Gasteiger partial charge in [0.25, 0.3) is 0 Å². The molecular formula is C12H18NO5S-. The second kappa shape index (κ2) is 7.48. The van der Waals surface area contributed by atoms with E-state index in [0.717, 1.165) is 25.7 Å². The van der Waals surface area contributed by atoms with Gasteiger partial charge in [-0.2, -0.15) is 0 Å². The van der Waals surface area contributed by atoms with E-state index in [1.54, 1.807) is 5.92 Å². The van der Waals surface area contributed by atoms with Crippen LogP contribution in [0.5, 0.6) is 0 Å². The van der Waals surface area contributed by atoms with E-state index in [0.29, 0.717) is 0 Å². The van der Waals surface area contributed by atoms with Gasteiger partial charge in [-0.25, -0.2) is 13.2 Å². The van der Waals surface area contributed by atoms with Crippen LogP contribution in [0.1, 0.15) is 32.1 Å². The van der Waals surface area contributed by atoms with E-state index in [-0.39, 0.29) is 12.6 Å². The zero-order chi connectivity index (χ0) is 14.3. The Morgan fingerprint density at radius 1 is 1.42 bits per heavy atom. The van der Waals surface area contributed by atoms with Gasteiger partial charge in [-0.3, -0.25) is 0 Å². The molecule has 0 bridgehead atoms. The SMILES string of the molecule is C#CC(=O)OC(CNC1CCCCC1)CS(=O)(=O)[O-]. The lowest BCUT2D eigenvalue weighted by Crippen LogP contribution is -2.41. The van der Waals surface area contributed by atoms with E-state index in [4.69, 9.17) is 11.2 Å². The van der Waals surface area contributed by atoms with E-state index in [9.17, 15) is 17.8 Å². The summed E-state index contributed by atoms with van der Waals surface area (Å²) in [4.78, 5) is 11.0. The molecule has 1 unspecified atom stereocenters. The second-order valence-electron chi connectivity index (χ2n) is 4.64. The number of esters is 1. The van der Waals surface area contributed by atoms with Crippen molar-refractivity contribution in [2.45, 2.75) is 44.2 Å². The molecule has 1 N–H and O–H groups in total. The van der Waals surface area contributed by atoms with Gasteiger partial charge in [-0.15, -0.1) is 6.42 Å². The van der Waals surface area contributed by atoms with Crippen LogP contribution in [0.2, 0.25) is 0 Å². The van der Waals surface area contributed by atoms with Gasteiger partial charge in [0.2, 0.25) is 0 Å². The normalized spacial score (nSPS) is 18.5. The lowest BCUT2D eigenvalue weighted by atomic mass is 9.95. The van der Waals surface area contributed by atoms with E-state index in [1.165, 1.54) is 6.42 Å². The zero-order valence-electron chi connectivity index (χ0n) is 10.6. The van der Waals surface area contributed by atoms with E-state index in [2.05, 4.69) is 5.32 Å². The number of nitrogens with one attached hydrogen (secondary N) is 1. The summed E-state index contributed by atoms with van der Waals surface area (Å²) in [6.07, 6.45) is 9.25. The summed E-state index contributed by atoms with van der Waals surface area (Å²) in [5, 5.41) is 3.12. The first-order valence-electron chi connectivity index (χ1n) is 6.25. The molecule has 1 rings (SSSR count). The van der Waals surface area contributed by atoms with Gasteiger partial charge < -0.3 is 14.6 Å². The quantitative estimate of drug-likeness (QED) is 0.320. The van der Waals surface area contributed by atoms with Crippen molar-refractivity contribution in [2.24, 2.45) is 0 Å². The monoisotopic (exact) mass is 288 g/mol. The fourth-order valence-electron chi connectivity index (χ4n) is 2.15. The Kier molecular flexibility index (Phi) is 6.28. The van der Waals surface area contributed by atoms with E-state index >= 15 is 0 Å². The Morgan fingerprint density at radius 3 is 2.58 bits per heavy atom. The first kappa shape index (κ1) is 16.0. The van der Waals surface area contributed by atoms with Crippen molar-refractivity contribution in [3.8, 4) is 12.3 Å². The summed E-state index contributed by atoms with van der Waals surface area (Å²) >= 11 is 0. The largest absolute Gasteiger partial charge is 0.748 e. The highest BCUT2D eigenvalue weighted by molar-refractivity contribution is 7.85. The minimum Gasteiger partial charge on any atom is -0.748 e. The number of hydrogen-bond acceptors (Lipinski definition) is 6. The van der Waals surface area contributed by atoms with Crippen LogP contribution in [-0.2, 0) is 19.6 Å². The van der Waals surface area contributed by atoms with Gasteiger partial charge in [-0.1, -0.05) is 19.3 Å². The highest BCUT2D eigenvalue weighted by atomic mass is 32.2. The average Bonchev–Trinajstić information content (AvgIpc) is 2.35. The maximum absolute atomic E-state index is 11.0. The van der Waals surface area contributed by atoms with Crippen LogP contribution >= 0.6 is 0 Å². The molecule has 1 fully saturated rings.